The number of rotatable bonds is 6. The Hall–Kier alpha value is -3.80. The van der Waals surface area contributed by atoms with Crippen LogP contribution in [-0.4, -0.2) is 26.2 Å². The third-order valence-corrected chi connectivity index (χ3v) is 5.65. The Balaban J connectivity index is 1.69. The Bertz CT molecular complexity index is 1010. The topological polar surface area (TPSA) is 71.1 Å². The van der Waals surface area contributed by atoms with Crippen molar-refractivity contribution in [1.29, 1.82) is 0 Å². The minimum Gasteiger partial charge on any atom is -0.496 e. The van der Waals surface area contributed by atoms with Gasteiger partial charge in [-0.05, 0) is 49.2 Å². The second-order valence-corrected chi connectivity index (χ2v) is 7.52. The van der Waals surface area contributed by atoms with Crippen LogP contribution in [0.5, 0.6) is 23.0 Å². The molecule has 0 N–H and O–H groups in total. The van der Waals surface area contributed by atoms with Gasteiger partial charge in [-0.1, -0.05) is 36.4 Å². The fourth-order valence-electron chi connectivity index (χ4n) is 4.06. The summed E-state index contributed by atoms with van der Waals surface area (Å²) < 4.78 is 22.3. The molecule has 0 aromatic heterocycles. The van der Waals surface area contributed by atoms with Gasteiger partial charge >= 0.3 is 11.9 Å². The first-order valence-corrected chi connectivity index (χ1v) is 10.4. The van der Waals surface area contributed by atoms with Crippen LogP contribution in [0.25, 0.3) is 0 Å². The predicted molar refractivity (Wildman–Crippen MR) is 118 cm³/mol. The number of methoxy groups -OCH3 is 2. The summed E-state index contributed by atoms with van der Waals surface area (Å²) in [6.45, 7) is 0. The van der Waals surface area contributed by atoms with Crippen LogP contribution in [0.4, 0.5) is 0 Å². The average molecular weight is 432 g/mol. The quantitative estimate of drug-likeness (QED) is 0.429. The zero-order valence-corrected chi connectivity index (χ0v) is 17.9. The maximum Gasteiger partial charge on any atom is 0.315 e. The van der Waals surface area contributed by atoms with Gasteiger partial charge in [0.1, 0.15) is 23.0 Å². The lowest BCUT2D eigenvalue weighted by atomic mass is 9.75. The van der Waals surface area contributed by atoms with Crippen LogP contribution >= 0.6 is 0 Å². The first-order chi connectivity index (χ1) is 15.6. The molecule has 0 spiro atoms. The molecule has 0 amide bonds. The van der Waals surface area contributed by atoms with E-state index in [9.17, 15) is 9.59 Å². The van der Waals surface area contributed by atoms with E-state index in [1.807, 2.05) is 12.1 Å². The molecule has 0 unspecified atom stereocenters. The summed E-state index contributed by atoms with van der Waals surface area (Å²) in [4.78, 5) is 26.4. The van der Waals surface area contributed by atoms with Crippen molar-refractivity contribution < 1.29 is 28.5 Å². The van der Waals surface area contributed by atoms with E-state index in [0.717, 1.165) is 11.1 Å². The molecule has 164 valence electrons. The number of fused-ring (bicyclic) bond motifs is 1. The molecule has 0 saturated carbocycles. The molecule has 3 aromatic carbocycles. The van der Waals surface area contributed by atoms with E-state index in [1.54, 1.807) is 74.9 Å². The molecular weight excluding hydrogens is 408 g/mol. The molecule has 1 aliphatic carbocycles. The van der Waals surface area contributed by atoms with Crippen molar-refractivity contribution in [3.8, 4) is 23.0 Å². The monoisotopic (exact) mass is 432 g/mol. The molecule has 0 radical (unpaired) electrons. The average Bonchev–Trinajstić information content (AvgIpc) is 2.83. The maximum atomic E-state index is 13.2. The largest absolute Gasteiger partial charge is 0.496 e. The number of benzene rings is 3. The predicted octanol–water partition coefficient (Wildman–Crippen LogP) is 4.25. The van der Waals surface area contributed by atoms with Gasteiger partial charge in [0.15, 0.2) is 0 Å². The minimum atomic E-state index is -0.736. The van der Waals surface area contributed by atoms with E-state index in [-0.39, 0.29) is 12.8 Å². The summed E-state index contributed by atoms with van der Waals surface area (Å²) in [5.74, 6) is -0.295. The molecule has 6 heteroatoms. The molecule has 0 heterocycles. The molecule has 6 nitrogen and oxygen atoms in total. The number of esters is 2. The number of carbonyl (C=O) groups is 2. The number of ether oxygens (including phenoxy) is 4. The number of hydrogen-bond acceptors (Lipinski definition) is 6. The summed E-state index contributed by atoms with van der Waals surface area (Å²) in [6.07, 6.45) is 0.547. The fourth-order valence-corrected chi connectivity index (χ4v) is 4.06. The van der Waals surface area contributed by atoms with Gasteiger partial charge in [-0.15, -0.1) is 0 Å². The van der Waals surface area contributed by atoms with Gasteiger partial charge in [0, 0.05) is 11.1 Å². The Kier molecular flexibility index (Phi) is 6.40. The lowest BCUT2D eigenvalue weighted by molar-refractivity contribution is -0.151. The highest BCUT2D eigenvalue weighted by molar-refractivity contribution is 5.86. The van der Waals surface area contributed by atoms with Gasteiger partial charge < -0.3 is 18.9 Å². The van der Waals surface area contributed by atoms with Gasteiger partial charge in [0.25, 0.3) is 0 Å². The van der Waals surface area contributed by atoms with E-state index in [1.165, 1.54) is 0 Å². The zero-order valence-electron chi connectivity index (χ0n) is 17.9. The normalized spacial score (nSPS) is 17.1. The van der Waals surface area contributed by atoms with Crippen LogP contribution in [-0.2, 0) is 22.4 Å². The van der Waals surface area contributed by atoms with Crippen LogP contribution in [0.15, 0.2) is 72.8 Å². The molecule has 3 aromatic rings. The summed E-state index contributed by atoms with van der Waals surface area (Å²) in [6, 6.07) is 21.2. The van der Waals surface area contributed by atoms with Crippen molar-refractivity contribution in [2.45, 2.75) is 12.8 Å². The lowest BCUT2D eigenvalue weighted by Gasteiger charge is -2.31. The summed E-state index contributed by atoms with van der Waals surface area (Å²) in [5.41, 5.74) is 1.68. The summed E-state index contributed by atoms with van der Waals surface area (Å²) >= 11 is 0. The van der Waals surface area contributed by atoms with Crippen LogP contribution in [0.1, 0.15) is 11.1 Å². The first kappa shape index (κ1) is 21.4. The number of carbonyl (C=O) groups excluding carboxylic acids is 2. The van der Waals surface area contributed by atoms with E-state index >= 15 is 0 Å². The van der Waals surface area contributed by atoms with E-state index in [0.29, 0.717) is 23.0 Å². The third-order valence-electron chi connectivity index (χ3n) is 5.65. The van der Waals surface area contributed by atoms with Crippen molar-refractivity contribution in [2.24, 2.45) is 11.8 Å². The minimum absolute atomic E-state index is 0.274. The summed E-state index contributed by atoms with van der Waals surface area (Å²) in [5, 5.41) is 0. The van der Waals surface area contributed by atoms with Gasteiger partial charge in [0.05, 0.1) is 26.1 Å². The second-order valence-electron chi connectivity index (χ2n) is 7.52. The van der Waals surface area contributed by atoms with Gasteiger partial charge in [-0.2, -0.15) is 0 Å². The van der Waals surface area contributed by atoms with E-state index < -0.39 is 23.8 Å². The molecule has 2 atom stereocenters. The van der Waals surface area contributed by atoms with Gasteiger partial charge in [-0.25, -0.2) is 0 Å². The van der Waals surface area contributed by atoms with Crippen molar-refractivity contribution in [3.05, 3.63) is 83.9 Å². The molecule has 32 heavy (non-hydrogen) atoms. The van der Waals surface area contributed by atoms with Crippen molar-refractivity contribution in [3.63, 3.8) is 0 Å². The third kappa shape index (κ3) is 4.44. The molecular formula is C26H24O6. The Morgan fingerprint density at radius 3 is 1.34 bits per heavy atom. The first-order valence-electron chi connectivity index (χ1n) is 10.4. The van der Waals surface area contributed by atoms with E-state index in [2.05, 4.69) is 0 Å². The van der Waals surface area contributed by atoms with Crippen LogP contribution < -0.4 is 18.9 Å². The summed E-state index contributed by atoms with van der Waals surface area (Å²) in [7, 11) is 3.16. The molecule has 1 aliphatic rings. The second kappa shape index (κ2) is 9.56. The smallest absolute Gasteiger partial charge is 0.315 e. The van der Waals surface area contributed by atoms with E-state index in [4.69, 9.17) is 18.9 Å². The highest BCUT2D eigenvalue weighted by Gasteiger charge is 2.42. The molecule has 0 bridgehead atoms. The van der Waals surface area contributed by atoms with Crippen LogP contribution in [0, 0.1) is 11.8 Å². The Morgan fingerprint density at radius 2 is 1.00 bits per heavy atom. The van der Waals surface area contributed by atoms with Gasteiger partial charge in [-0.3, -0.25) is 9.59 Å². The highest BCUT2D eigenvalue weighted by atomic mass is 16.5. The lowest BCUT2D eigenvalue weighted by Crippen LogP contribution is -2.40. The number of hydrogen-bond donors (Lipinski definition) is 0. The van der Waals surface area contributed by atoms with Crippen molar-refractivity contribution in [1.82, 2.24) is 0 Å². The van der Waals surface area contributed by atoms with Crippen molar-refractivity contribution in [2.75, 3.05) is 14.2 Å². The number of para-hydroxylation sites is 2. The Morgan fingerprint density at radius 1 is 0.625 bits per heavy atom. The fraction of sp³-hybridized carbons (Fsp3) is 0.231. The Labute approximate surface area is 186 Å². The maximum absolute atomic E-state index is 13.2. The SMILES string of the molecule is COc1ccc(OC)c2c1C[C@H](C(=O)Oc1ccccc1)[C@H](C(=O)Oc1ccccc1)C2. The van der Waals surface area contributed by atoms with Crippen LogP contribution in [0.2, 0.25) is 0 Å². The zero-order chi connectivity index (χ0) is 22.5. The van der Waals surface area contributed by atoms with Crippen LogP contribution in [0.3, 0.4) is 0 Å². The van der Waals surface area contributed by atoms with Gasteiger partial charge in [0.2, 0.25) is 0 Å². The standard InChI is InChI=1S/C26H24O6/c1-29-23-13-14-24(30-2)20-16-22(26(28)32-18-11-7-4-8-12-18)21(15-19(20)23)25(27)31-17-9-5-3-6-10-17/h3-14,21-22H,15-16H2,1-2H3/t21-,22+. The molecule has 0 aliphatic heterocycles. The molecule has 4 rings (SSSR count). The molecule has 0 saturated heterocycles. The van der Waals surface area contributed by atoms with Crippen molar-refractivity contribution >= 4 is 11.9 Å². The molecule has 0 fully saturated rings. The highest BCUT2D eigenvalue weighted by Crippen LogP contribution is 2.41.